The highest BCUT2D eigenvalue weighted by molar-refractivity contribution is 14.1. The van der Waals surface area contributed by atoms with Crippen LogP contribution in [0.15, 0.2) is 41.3 Å². The summed E-state index contributed by atoms with van der Waals surface area (Å²) in [6.07, 6.45) is 0. The predicted octanol–water partition coefficient (Wildman–Crippen LogP) is 2.60. The molecule has 2 aromatic carbocycles. The summed E-state index contributed by atoms with van der Waals surface area (Å²) in [6, 6.07) is 6.29. The van der Waals surface area contributed by atoms with Crippen molar-refractivity contribution in [2.45, 2.75) is 4.90 Å². The van der Waals surface area contributed by atoms with Gasteiger partial charge in [0.1, 0.15) is 5.75 Å². The van der Waals surface area contributed by atoms with Gasteiger partial charge in [0.2, 0.25) is 0 Å². The Hall–Kier alpha value is -1.72. The maximum atomic E-state index is 13.7. The molecular formula is C13H8FIO6S. The van der Waals surface area contributed by atoms with Crippen molar-refractivity contribution < 1.29 is 32.0 Å². The third kappa shape index (κ3) is 3.72. The smallest absolute Gasteiger partial charge is 0.343 e. The zero-order valence-corrected chi connectivity index (χ0v) is 13.6. The number of hydrogen-bond acceptors (Lipinski definition) is 5. The Labute approximate surface area is 138 Å². The van der Waals surface area contributed by atoms with Gasteiger partial charge in [0.15, 0.2) is 11.6 Å². The Morgan fingerprint density at radius 2 is 1.77 bits per heavy atom. The number of ether oxygens (including phenoxy) is 1. The fraction of sp³-hybridized carbons (Fsp3) is 0. The zero-order valence-electron chi connectivity index (χ0n) is 10.7. The van der Waals surface area contributed by atoms with Gasteiger partial charge in [0, 0.05) is 6.07 Å². The quantitative estimate of drug-likeness (QED) is 0.331. The van der Waals surface area contributed by atoms with Gasteiger partial charge in [-0.3, -0.25) is 4.55 Å². The number of benzene rings is 2. The number of phenolic OH excluding ortho intramolecular Hbond substituents is 1. The number of carbonyl (C=O) groups excluding carboxylic acids is 1. The van der Waals surface area contributed by atoms with E-state index in [-0.39, 0.29) is 25.5 Å². The first-order valence-corrected chi connectivity index (χ1v) is 8.18. The fourth-order valence-electron chi connectivity index (χ4n) is 1.56. The summed E-state index contributed by atoms with van der Waals surface area (Å²) in [4.78, 5) is 11.5. The second-order valence-electron chi connectivity index (χ2n) is 4.13. The van der Waals surface area contributed by atoms with Crippen LogP contribution in [-0.2, 0) is 10.1 Å². The molecule has 0 unspecified atom stereocenters. The Morgan fingerprint density at radius 1 is 1.18 bits per heavy atom. The molecule has 0 aliphatic heterocycles. The summed E-state index contributed by atoms with van der Waals surface area (Å²) >= 11 is 1.69. The lowest BCUT2D eigenvalue weighted by molar-refractivity contribution is 0.0726. The minimum absolute atomic E-state index is 0.0318. The van der Waals surface area contributed by atoms with E-state index in [0.717, 1.165) is 30.3 Å². The topological polar surface area (TPSA) is 101 Å². The van der Waals surface area contributed by atoms with Crippen molar-refractivity contribution in [3.63, 3.8) is 0 Å². The first-order chi connectivity index (χ1) is 10.2. The number of phenols is 1. The van der Waals surface area contributed by atoms with Crippen LogP contribution in [0.3, 0.4) is 0 Å². The molecule has 116 valence electrons. The highest BCUT2D eigenvalue weighted by Crippen LogP contribution is 2.29. The first kappa shape index (κ1) is 16.6. The third-order valence-corrected chi connectivity index (χ3v) is 4.23. The number of carbonyl (C=O) groups is 1. The van der Waals surface area contributed by atoms with Gasteiger partial charge in [-0.05, 0) is 52.9 Å². The Morgan fingerprint density at radius 3 is 2.27 bits per heavy atom. The van der Waals surface area contributed by atoms with Gasteiger partial charge in [-0.2, -0.15) is 8.42 Å². The largest absolute Gasteiger partial charge is 0.508 e. The van der Waals surface area contributed by atoms with E-state index in [2.05, 4.69) is 0 Å². The second-order valence-corrected chi connectivity index (χ2v) is 6.71. The van der Waals surface area contributed by atoms with Crippen LogP contribution in [0.1, 0.15) is 10.4 Å². The van der Waals surface area contributed by atoms with Crippen LogP contribution in [0.4, 0.5) is 4.39 Å². The molecule has 2 rings (SSSR count). The Bertz CT molecular complexity index is 809. The van der Waals surface area contributed by atoms with Gasteiger partial charge in [0.25, 0.3) is 10.1 Å². The average Bonchev–Trinajstić information content (AvgIpc) is 2.41. The van der Waals surface area contributed by atoms with Crippen LogP contribution >= 0.6 is 22.6 Å². The van der Waals surface area contributed by atoms with E-state index in [9.17, 15) is 22.7 Å². The monoisotopic (exact) mass is 438 g/mol. The molecule has 0 spiro atoms. The van der Waals surface area contributed by atoms with Crippen LogP contribution in [0, 0.1) is 9.39 Å². The molecule has 2 aromatic rings. The molecule has 0 aliphatic carbocycles. The Kier molecular flexibility index (Phi) is 4.68. The zero-order chi connectivity index (χ0) is 16.5. The minimum Gasteiger partial charge on any atom is -0.508 e. The predicted molar refractivity (Wildman–Crippen MR) is 82.0 cm³/mol. The molecule has 0 fully saturated rings. The van der Waals surface area contributed by atoms with E-state index in [1.807, 2.05) is 0 Å². The summed E-state index contributed by atoms with van der Waals surface area (Å²) in [5.41, 5.74) is -0.0318. The van der Waals surface area contributed by atoms with Crippen molar-refractivity contribution in [2.75, 3.05) is 0 Å². The molecule has 2 N–H and O–H groups in total. The van der Waals surface area contributed by atoms with E-state index in [0.29, 0.717) is 0 Å². The minimum atomic E-state index is -4.36. The molecule has 0 radical (unpaired) electrons. The number of rotatable bonds is 3. The summed E-state index contributed by atoms with van der Waals surface area (Å²) in [5.74, 6) is -2.47. The van der Waals surface area contributed by atoms with E-state index in [1.54, 1.807) is 22.6 Å². The molecule has 0 aliphatic rings. The summed E-state index contributed by atoms with van der Waals surface area (Å²) in [7, 11) is -4.36. The number of aromatic hydroxyl groups is 1. The van der Waals surface area contributed by atoms with E-state index < -0.39 is 21.9 Å². The summed E-state index contributed by atoms with van der Waals surface area (Å²) in [5, 5.41) is 9.21. The molecule has 0 atom stereocenters. The van der Waals surface area contributed by atoms with Crippen LogP contribution in [0.25, 0.3) is 0 Å². The van der Waals surface area contributed by atoms with Gasteiger partial charge in [-0.15, -0.1) is 0 Å². The lowest BCUT2D eigenvalue weighted by atomic mass is 10.2. The van der Waals surface area contributed by atoms with Gasteiger partial charge in [-0.1, -0.05) is 0 Å². The second kappa shape index (κ2) is 6.18. The average molecular weight is 438 g/mol. The molecule has 0 bridgehead atoms. The van der Waals surface area contributed by atoms with Gasteiger partial charge < -0.3 is 9.84 Å². The van der Waals surface area contributed by atoms with Crippen LogP contribution in [-0.4, -0.2) is 24.0 Å². The molecule has 22 heavy (non-hydrogen) atoms. The highest BCUT2D eigenvalue weighted by Gasteiger charge is 2.17. The molecule has 0 heterocycles. The lowest BCUT2D eigenvalue weighted by Crippen LogP contribution is -2.11. The lowest BCUT2D eigenvalue weighted by Gasteiger charge is -2.08. The van der Waals surface area contributed by atoms with Crippen molar-refractivity contribution in [2.24, 2.45) is 0 Å². The molecule has 6 nitrogen and oxygen atoms in total. The molecule has 0 amide bonds. The maximum Gasteiger partial charge on any atom is 0.343 e. The summed E-state index contributed by atoms with van der Waals surface area (Å²) < 4.78 is 49.4. The SMILES string of the molecule is O=C(Oc1c(F)cc(O)cc1I)c1ccc(S(=O)(=O)O)cc1. The molecule has 9 heteroatoms. The molecule has 0 aromatic heterocycles. The maximum absolute atomic E-state index is 13.7. The van der Waals surface area contributed by atoms with Crippen molar-refractivity contribution >= 4 is 38.7 Å². The van der Waals surface area contributed by atoms with Gasteiger partial charge >= 0.3 is 5.97 Å². The van der Waals surface area contributed by atoms with Gasteiger partial charge in [0.05, 0.1) is 14.0 Å². The summed E-state index contributed by atoms with van der Waals surface area (Å²) in [6.45, 7) is 0. The number of halogens is 2. The number of hydrogen-bond donors (Lipinski definition) is 2. The van der Waals surface area contributed by atoms with Crippen molar-refractivity contribution in [3.05, 3.63) is 51.3 Å². The highest BCUT2D eigenvalue weighted by atomic mass is 127. The standard InChI is InChI=1S/C13H8FIO6S/c14-10-5-8(16)6-11(15)12(10)21-13(17)7-1-3-9(4-2-7)22(18,19)20/h1-6,16H,(H,18,19,20). The van der Waals surface area contributed by atoms with Gasteiger partial charge in [-0.25, -0.2) is 9.18 Å². The van der Waals surface area contributed by atoms with Crippen LogP contribution < -0.4 is 4.74 Å². The van der Waals surface area contributed by atoms with Crippen molar-refractivity contribution in [3.8, 4) is 11.5 Å². The van der Waals surface area contributed by atoms with E-state index in [1.165, 1.54) is 6.07 Å². The normalized spacial score (nSPS) is 11.2. The van der Waals surface area contributed by atoms with E-state index >= 15 is 0 Å². The fourth-order valence-corrected chi connectivity index (χ4v) is 2.73. The van der Waals surface area contributed by atoms with Crippen molar-refractivity contribution in [1.29, 1.82) is 0 Å². The molecular weight excluding hydrogens is 430 g/mol. The number of esters is 1. The molecule has 0 saturated heterocycles. The van der Waals surface area contributed by atoms with Crippen LogP contribution in [0.5, 0.6) is 11.5 Å². The van der Waals surface area contributed by atoms with E-state index in [4.69, 9.17) is 9.29 Å². The Balaban J connectivity index is 2.27. The first-order valence-electron chi connectivity index (χ1n) is 5.66. The van der Waals surface area contributed by atoms with Crippen molar-refractivity contribution in [1.82, 2.24) is 0 Å². The third-order valence-electron chi connectivity index (χ3n) is 2.57. The van der Waals surface area contributed by atoms with Crippen LogP contribution in [0.2, 0.25) is 0 Å². The molecule has 0 saturated carbocycles.